The lowest BCUT2D eigenvalue weighted by atomic mass is 10.3. The van der Waals surface area contributed by atoms with Gasteiger partial charge in [0.2, 0.25) is 0 Å². The first kappa shape index (κ1) is 13.5. The molecule has 0 aliphatic carbocycles. The van der Waals surface area contributed by atoms with E-state index in [0.717, 1.165) is 35.2 Å². The van der Waals surface area contributed by atoms with Gasteiger partial charge < -0.3 is 0 Å². The summed E-state index contributed by atoms with van der Waals surface area (Å²) in [5, 5.41) is 3.11. The highest BCUT2D eigenvalue weighted by Crippen LogP contribution is 2.14. The smallest absolute Gasteiger partial charge is 0.107 e. The number of aryl methyl sites for hydroxylation is 1. The van der Waals surface area contributed by atoms with E-state index in [4.69, 9.17) is 11.6 Å². The van der Waals surface area contributed by atoms with Gasteiger partial charge in [0.15, 0.2) is 0 Å². The lowest BCUT2D eigenvalue weighted by Gasteiger charge is -2.14. The van der Waals surface area contributed by atoms with Gasteiger partial charge in [-0.3, -0.25) is 9.88 Å². The Morgan fingerprint density at radius 1 is 1.22 bits per heavy atom. The van der Waals surface area contributed by atoms with Crippen molar-refractivity contribution in [1.82, 2.24) is 14.9 Å². The summed E-state index contributed by atoms with van der Waals surface area (Å²) in [4.78, 5) is 11.2. The van der Waals surface area contributed by atoms with Crippen LogP contribution in [0.4, 0.5) is 0 Å². The molecule has 0 bridgehead atoms. The normalized spacial score (nSPS) is 11.1. The average molecular weight is 282 g/mol. The first-order valence-corrected chi connectivity index (χ1v) is 7.19. The molecule has 0 saturated heterocycles. The third-order valence-electron chi connectivity index (χ3n) is 2.52. The van der Waals surface area contributed by atoms with Crippen molar-refractivity contribution < 1.29 is 0 Å². The average Bonchev–Trinajstić information content (AvgIpc) is 2.76. The SMILES string of the molecule is Cc1cccc(CN(C)Cc2nc(CCl)cs2)n1. The number of halogens is 1. The van der Waals surface area contributed by atoms with Crippen LogP contribution < -0.4 is 0 Å². The van der Waals surface area contributed by atoms with E-state index >= 15 is 0 Å². The van der Waals surface area contributed by atoms with E-state index in [1.807, 2.05) is 24.4 Å². The standard InChI is InChI=1S/C13H16ClN3S/c1-10-4-3-5-11(15-10)7-17(2)8-13-16-12(6-14)9-18-13/h3-5,9H,6-8H2,1-2H3. The van der Waals surface area contributed by atoms with Crippen LogP contribution in [0.15, 0.2) is 23.6 Å². The van der Waals surface area contributed by atoms with E-state index in [9.17, 15) is 0 Å². The zero-order chi connectivity index (χ0) is 13.0. The van der Waals surface area contributed by atoms with Gasteiger partial charge in [0.25, 0.3) is 0 Å². The molecule has 0 aliphatic rings. The van der Waals surface area contributed by atoms with E-state index in [1.54, 1.807) is 11.3 Å². The van der Waals surface area contributed by atoms with Gasteiger partial charge in [0.1, 0.15) is 5.01 Å². The van der Waals surface area contributed by atoms with Gasteiger partial charge in [-0.15, -0.1) is 22.9 Å². The zero-order valence-corrected chi connectivity index (χ0v) is 12.1. The van der Waals surface area contributed by atoms with Crippen LogP contribution in [0.5, 0.6) is 0 Å². The molecule has 2 heterocycles. The molecule has 2 aromatic heterocycles. The number of hydrogen-bond acceptors (Lipinski definition) is 4. The Hall–Kier alpha value is -0.970. The van der Waals surface area contributed by atoms with Gasteiger partial charge in [-0.1, -0.05) is 6.07 Å². The van der Waals surface area contributed by atoms with Gasteiger partial charge in [-0.25, -0.2) is 4.98 Å². The number of nitrogens with zero attached hydrogens (tertiary/aromatic N) is 3. The van der Waals surface area contributed by atoms with Crippen molar-refractivity contribution in [2.75, 3.05) is 7.05 Å². The number of alkyl halides is 1. The number of pyridine rings is 1. The van der Waals surface area contributed by atoms with E-state index in [1.165, 1.54) is 0 Å². The summed E-state index contributed by atoms with van der Waals surface area (Å²) < 4.78 is 0. The highest BCUT2D eigenvalue weighted by Gasteiger charge is 2.06. The molecule has 0 aliphatic heterocycles. The molecule has 18 heavy (non-hydrogen) atoms. The van der Waals surface area contributed by atoms with E-state index in [2.05, 4.69) is 28.0 Å². The second-order valence-corrected chi connectivity index (χ2v) is 5.52. The Labute approximate surface area is 116 Å². The predicted octanol–water partition coefficient (Wildman–Crippen LogP) is 3.22. The maximum absolute atomic E-state index is 5.74. The molecule has 96 valence electrons. The first-order valence-electron chi connectivity index (χ1n) is 5.77. The maximum atomic E-state index is 5.74. The van der Waals surface area contributed by atoms with Crippen molar-refractivity contribution in [3.8, 4) is 0 Å². The third-order valence-corrected chi connectivity index (χ3v) is 3.68. The predicted molar refractivity (Wildman–Crippen MR) is 75.8 cm³/mol. The summed E-state index contributed by atoms with van der Waals surface area (Å²) in [5.74, 6) is 0.486. The van der Waals surface area contributed by atoms with Crippen LogP contribution in [0, 0.1) is 6.92 Å². The van der Waals surface area contributed by atoms with Crippen molar-refractivity contribution >= 4 is 22.9 Å². The Balaban J connectivity index is 1.94. The Kier molecular flexibility index (Phi) is 4.69. The van der Waals surface area contributed by atoms with Crippen LogP contribution >= 0.6 is 22.9 Å². The molecule has 2 rings (SSSR count). The Bertz CT molecular complexity index is 512. The minimum absolute atomic E-state index is 0.486. The van der Waals surface area contributed by atoms with E-state index < -0.39 is 0 Å². The number of hydrogen-bond donors (Lipinski definition) is 0. The minimum Gasteiger partial charge on any atom is -0.294 e. The summed E-state index contributed by atoms with van der Waals surface area (Å²) in [6, 6.07) is 6.10. The van der Waals surface area contributed by atoms with Crippen LogP contribution in [0.25, 0.3) is 0 Å². The molecule has 0 unspecified atom stereocenters. The second-order valence-electron chi connectivity index (χ2n) is 4.31. The zero-order valence-electron chi connectivity index (χ0n) is 10.6. The van der Waals surface area contributed by atoms with Gasteiger partial charge in [-0.2, -0.15) is 0 Å². The van der Waals surface area contributed by atoms with Gasteiger partial charge in [-0.05, 0) is 26.1 Å². The molecule has 5 heteroatoms. The largest absolute Gasteiger partial charge is 0.294 e. The van der Waals surface area contributed by atoms with Crippen LogP contribution in [0.3, 0.4) is 0 Å². The Morgan fingerprint density at radius 3 is 2.72 bits per heavy atom. The Morgan fingerprint density at radius 2 is 2.06 bits per heavy atom. The van der Waals surface area contributed by atoms with Gasteiger partial charge in [0.05, 0.1) is 23.8 Å². The summed E-state index contributed by atoms with van der Waals surface area (Å²) in [5.41, 5.74) is 3.10. The quantitative estimate of drug-likeness (QED) is 0.788. The topological polar surface area (TPSA) is 29.0 Å². The molecule has 2 aromatic rings. The molecule has 0 radical (unpaired) electrons. The van der Waals surface area contributed by atoms with E-state index in [0.29, 0.717) is 5.88 Å². The van der Waals surface area contributed by atoms with Crippen LogP contribution in [-0.2, 0) is 19.0 Å². The van der Waals surface area contributed by atoms with Crippen LogP contribution in [0.1, 0.15) is 22.1 Å². The number of aromatic nitrogens is 2. The van der Waals surface area contributed by atoms with Crippen LogP contribution in [0.2, 0.25) is 0 Å². The molecule has 0 fully saturated rings. The molecular formula is C13H16ClN3S. The third kappa shape index (κ3) is 3.77. The van der Waals surface area contributed by atoms with Gasteiger partial charge >= 0.3 is 0 Å². The molecule has 0 spiro atoms. The van der Waals surface area contributed by atoms with Crippen molar-refractivity contribution in [3.63, 3.8) is 0 Å². The molecule has 0 saturated carbocycles. The van der Waals surface area contributed by atoms with Crippen molar-refractivity contribution in [2.24, 2.45) is 0 Å². The van der Waals surface area contributed by atoms with Gasteiger partial charge in [0, 0.05) is 17.6 Å². The molecule has 0 amide bonds. The minimum atomic E-state index is 0.486. The molecule has 0 N–H and O–H groups in total. The first-order chi connectivity index (χ1) is 8.67. The fourth-order valence-corrected chi connectivity index (χ4v) is 2.84. The monoisotopic (exact) mass is 281 g/mol. The van der Waals surface area contributed by atoms with Crippen LogP contribution in [-0.4, -0.2) is 21.9 Å². The molecule has 0 aromatic carbocycles. The number of rotatable bonds is 5. The van der Waals surface area contributed by atoms with Crippen molar-refractivity contribution in [2.45, 2.75) is 25.9 Å². The van der Waals surface area contributed by atoms with Crippen molar-refractivity contribution in [3.05, 3.63) is 45.7 Å². The van der Waals surface area contributed by atoms with Crippen molar-refractivity contribution in [1.29, 1.82) is 0 Å². The summed E-state index contributed by atoms with van der Waals surface area (Å²) >= 11 is 7.40. The molecule has 3 nitrogen and oxygen atoms in total. The highest BCUT2D eigenvalue weighted by molar-refractivity contribution is 7.09. The lowest BCUT2D eigenvalue weighted by Crippen LogP contribution is -2.18. The maximum Gasteiger partial charge on any atom is 0.107 e. The second kappa shape index (κ2) is 6.27. The lowest BCUT2D eigenvalue weighted by molar-refractivity contribution is 0.314. The number of thiazole rings is 1. The fraction of sp³-hybridized carbons (Fsp3) is 0.385. The molecule has 0 atom stereocenters. The molecular weight excluding hydrogens is 266 g/mol. The highest BCUT2D eigenvalue weighted by atomic mass is 35.5. The van der Waals surface area contributed by atoms with E-state index in [-0.39, 0.29) is 0 Å². The summed E-state index contributed by atoms with van der Waals surface area (Å²) in [7, 11) is 2.08. The fourth-order valence-electron chi connectivity index (χ4n) is 1.73. The summed E-state index contributed by atoms with van der Waals surface area (Å²) in [6.07, 6.45) is 0. The summed E-state index contributed by atoms with van der Waals surface area (Å²) in [6.45, 7) is 3.67.